The Morgan fingerprint density at radius 2 is 2.39 bits per heavy atom. The summed E-state index contributed by atoms with van der Waals surface area (Å²) in [6, 6.07) is 5.53. The monoisotopic (exact) mass is 245 g/mol. The summed E-state index contributed by atoms with van der Waals surface area (Å²) in [6.07, 6.45) is 5.55. The van der Waals surface area contributed by atoms with Crippen LogP contribution in [0.2, 0.25) is 0 Å². The number of rotatable bonds is 3. The first-order valence-corrected chi connectivity index (χ1v) is 6.34. The summed E-state index contributed by atoms with van der Waals surface area (Å²) < 4.78 is 15.5. The predicted octanol–water partition coefficient (Wildman–Crippen LogP) is 3.14. The molecular weight excluding hydrogens is 229 g/mol. The highest BCUT2D eigenvalue weighted by atomic mass is 19.1. The summed E-state index contributed by atoms with van der Waals surface area (Å²) in [5.41, 5.74) is 2.94. The van der Waals surface area contributed by atoms with Crippen LogP contribution in [0.4, 0.5) is 10.1 Å². The van der Waals surface area contributed by atoms with E-state index in [-0.39, 0.29) is 11.9 Å². The lowest BCUT2D eigenvalue weighted by molar-refractivity contribution is 0.612. The highest BCUT2D eigenvalue weighted by Crippen LogP contribution is 2.34. The van der Waals surface area contributed by atoms with Gasteiger partial charge in [0.05, 0.1) is 17.9 Å². The van der Waals surface area contributed by atoms with Gasteiger partial charge in [0.1, 0.15) is 5.82 Å². The number of nitrogens with zero attached hydrogens (tertiary/aromatic N) is 2. The number of anilines is 1. The molecule has 1 heterocycles. The largest absolute Gasteiger partial charge is 0.376 e. The molecule has 0 spiro atoms. The minimum absolute atomic E-state index is 0.0824. The van der Waals surface area contributed by atoms with Crippen LogP contribution < -0.4 is 5.32 Å². The zero-order valence-corrected chi connectivity index (χ0v) is 10.4. The summed E-state index contributed by atoms with van der Waals surface area (Å²) in [4.78, 5) is 0. The van der Waals surface area contributed by atoms with Crippen molar-refractivity contribution in [3.63, 3.8) is 0 Å². The molecule has 0 bridgehead atoms. The van der Waals surface area contributed by atoms with Crippen LogP contribution in [0.1, 0.15) is 30.5 Å². The maximum atomic E-state index is 13.6. The zero-order chi connectivity index (χ0) is 12.5. The van der Waals surface area contributed by atoms with Crippen LogP contribution in [0, 0.1) is 5.82 Å². The van der Waals surface area contributed by atoms with Crippen LogP contribution in [-0.2, 0) is 13.0 Å². The van der Waals surface area contributed by atoms with E-state index in [0.717, 1.165) is 36.2 Å². The second-order valence-corrected chi connectivity index (χ2v) is 4.63. The topological polar surface area (TPSA) is 29.9 Å². The van der Waals surface area contributed by atoms with Gasteiger partial charge >= 0.3 is 0 Å². The molecule has 18 heavy (non-hydrogen) atoms. The molecule has 1 N–H and O–H groups in total. The van der Waals surface area contributed by atoms with Gasteiger partial charge in [0, 0.05) is 12.7 Å². The summed E-state index contributed by atoms with van der Waals surface area (Å²) >= 11 is 0. The zero-order valence-electron chi connectivity index (χ0n) is 10.4. The SMILES string of the molecule is CCn1cc(NC2CCc3c(F)cccc32)cn1. The van der Waals surface area contributed by atoms with Gasteiger partial charge in [-0.2, -0.15) is 5.10 Å². The average Bonchev–Trinajstić information content (AvgIpc) is 2.98. The van der Waals surface area contributed by atoms with E-state index in [9.17, 15) is 4.39 Å². The van der Waals surface area contributed by atoms with Crippen LogP contribution in [0.15, 0.2) is 30.6 Å². The van der Waals surface area contributed by atoms with E-state index in [0.29, 0.717) is 0 Å². The van der Waals surface area contributed by atoms with Crippen molar-refractivity contribution in [2.24, 2.45) is 0 Å². The van der Waals surface area contributed by atoms with E-state index >= 15 is 0 Å². The fourth-order valence-electron chi connectivity index (χ4n) is 2.57. The number of benzene rings is 1. The van der Waals surface area contributed by atoms with E-state index in [2.05, 4.69) is 17.3 Å². The number of hydrogen-bond acceptors (Lipinski definition) is 2. The van der Waals surface area contributed by atoms with Gasteiger partial charge in [-0.1, -0.05) is 12.1 Å². The van der Waals surface area contributed by atoms with Crippen LogP contribution in [0.3, 0.4) is 0 Å². The molecule has 4 heteroatoms. The number of aryl methyl sites for hydroxylation is 1. The molecule has 0 aliphatic heterocycles. The van der Waals surface area contributed by atoms with Crippen molar-refractivity contribution in [1.29, 1.82) is 0 Å². The Kier molecular flexibility index (Phi) is 2.78. The summed E-state index contributed by atoms with van der Waals surface area (Å²) in [5, 5.41) is 7.66. The number of hydrogen-bond donors (Lipinski definition) is 1. The molecule has 1 atom stereocenters. The van der Waals surface area contributed by atoms with Crippen LogP contribution in [0.5, 0.6) is 0 Å². The number of halogens is 1. The van der Waals surface area contributed by atoms with E-state index in [1.165, 1.54) is 6.07 Å². The Hall–Kier alpha value is -1.84. The van der Waals surface area contributed by atoms with Crippen molar-refractivity contribution in [1.82, 2.24) is 9.78 Å². The fraction of sp³-hybridized carbons (Fsp3) is 0.357. The standard InChI is InChI=1S/C14H16FN3/c1-2-18-9-10(8-16-18)17-14-7-6-11-12(14)4-3-5-13(11)15/h3-5,8-9,14,17H,2,6-7H2,1H3. The normalized spacial score (nSPS) is 17.8. The average molecular weight is 245 g/mol. The predicted molar refractivity (Wildman–Crippen MR) is 69.0 cm³/mol. The first kappa shape index (κ1) is 11.3. The van der Waals surface area contributed by atoms with Crippen molar-refractivity contribution in [2.45, 2.75) is 32.4 Å². The number of aromatic nitrogens is 2. The van der Waals surface area contributed by atoms with Crippen molar-refractivity contribution in [3.05, 3.63) is 47.5 Å². The molecule has 1 aliphatic carbocycles. The van der Waals surface area contributed by atoms with Gasteiger partial charge in [0.2, 0.25) is 0 Å². The minimum Gasteiger partial charge on any atom is -0.376 e. The molecule has 94 valence electrons. The van der Waals surface area contributed by atoms with Crippen molar-refractivity contribution in [3.8, 4) is 0 Å². The quantitative estimate of drug-likeness (QED) is 0.900. The molecule has 0 saturated carbocycles. The molecule has 1 aromatic carbocycles. The number of nitrogens with one attached hydrogen (secondary N) is 1. The lowest BCUT2D eigenvalue weighted by atomic mass is 10.1. The molecule has 1 aromatic heterocycles. The molecule has 0 radical (unpaired) electrons. The maximum Gasteiger partial charge on any atom is 0.126 e. The highest BCUT2D eigenvalue weighted by molar-refractivity contribution is 5.46. The van der Waals surface area contributed by atoms with E-state index in [4.69, 9.17) is 0 Å². The van der Waals surface area contributed by atoms with E-state index in [1.807, 2.05) is 23.1 Å². The maximum absolute atomic E-state index is 13.6. The third kappa shape index (κ3) is 1.88. The molecule has 0 saturated heterocycles. The Labute approximate surface area is 106 Å². The first-order chi connectivity index (χ1) is 8.78. The molecular formula is C14H16FN3. The minimum atomic E-state index is -0.0824. The summed E-state index contributed by atoms with van der Waals surface area (Å²) in [6.45, 7) is 2.91. The lowest BCUT2D eigenvalue weighted by Gasteiger charge is -2.13. The molecule has 0 fully saturated rings. The number of fused-ring (bicyclic) bond motifs is 1. The van der Waals surface area contributed by atoms with Gasteiger partial charge in [0.25, 0.3) is 0 Å². The molecule has 3 rings (SSSR count). The Morgan fingerprint density at radius 1 is 1.50 bits per heavy atom. The van der Waals surface area contributed by atoms with Crippen molar-refractivity contribution in [2.75, 3.05) is 5.32 Å². The third-order valence-electron chi connectivity index (χ3n) is 3.51. The van der Waals surface area contributed by atoms with Crippen molar-refractivity contribution >= 4 is 5.69 Å². The van der Waals surface area contributed by atoms with E-state index in [1.54, 1.807) is 6.07 Å². The molecule has 3 nitrogen and oxygen atoms in total. The molecule has 1 unspecified atom stereocenters. The fourth-order valence-corrected chi connectivity index (χ4v) is 2.57. The highest BCUT2D eigenvalue weighted by Gasteiger charge is 2.24. The molecule has 0 amide bonds. The first-order valence-electron chi connectivity index (χ1n) is 6.34. The van der Waals surface area contributed by atoms with Gasteiger partial charge in [0.15, 0.2) is 0 Å². The van der Waals surface area contributed by atoms with E-state index < -0.39 is 0 Å². The smallest absolute Gasteiger partial charge is 0.126 e. The van der Waals surface area contributed by atoms with Gasteiger partial charge in [-0.25, -0.2) is 4.39 Å². The third-order valence-corrected chi connectivity index (χ3v) is 3.51. The van der Waals surface area contributed by atoms with Crippen LogP contribution in [-0.4, -0.2) is 9.78 Å². The second-order valence-electron chi connectivity index (χ2n) is 4.63. The molecule has 2 aromatic rings. The van der Waals surface area contributed by atoms with Crippen LogP contribution >= 0.6 is 0 Å². The Bertz CT molecular complexity index is 562. The second kappa shape index (κ2) is 4.44. The van der Waals surface area contributed by atoms with Gasteiger partial charge in [-0.05, 0) is 37.0 Å². The summed E-state index contributed by atoms with van der Waals surface area (Å²) in [5.74, 6) is -0.0824. The van der Waals surface area contributed by atoms with Gasteiger partial charge < -0.3 is 5.32 Å². The Balaban J connectivity index is 1.82. The van der Waals surface area contributed by atoms with Crippen molar-refractivity contribution < 1.29 is 4.39 Å². The van der Waals surface area contributed by atoms with Gasteiger partial charge in [-0.15, -0.1) is 0 Å². The Morgan fingerprint density at radius 3 is 3.17 bits per heavy atom. The van der Waals surface area contributed by atoms with Crippen LogP contribution in [0.25, 0.3) is 0 Å². The molecule has 1 aliphatic rings. The summed E-state index contributed by atoms with van der Waals surface area (Å²) in [7, 11) is 0. The lowest BCUT2D eigenvalue weighted by Crippen LogP contribution is -2.06. The van der Waals surface area contributed by atoms with Gasteiger partial charge in [-0.3, -0.25) is 4.68 Å².